The number of ether oxygens (including phenoxy) is 1. The zero-order valence-electron chi connectivity index (χ0n) is 14.6. The first kappa shape index (κ1) is 19.1. The molecule has 7 heteroatoms. The monoisotopic (exact) mass is 342 g/mol. The van der Waals surface area contributed by atoms with Crippen molar-refractivity contribution in [1.82, 2.24) is 10.2 Å². The molecule has 4 atom stereocenters. The highest BCUT2D eigenvalue weighted by molar-refractivity contribution is 5.78. The minimum Gasteiger partial charge on any atom is -0.388 e. The van der Waals surface area contributed by atoms with Crippen LogP contribution in [0.25, 0.3) is 0 Å². The standard InChI is InChI=1S/C17H30N2O5/c1-3-11(4-2)17(23)18-10-13-16(22)15(21)12(24-13)9-14(20)19-7-5-6-8-19/h11-13,15-16,21-22H,3-10H2,1-2H3,(H,18,23)/t12-,13+,15-,16+/m0/s1. The minimum absolute atomic E-state index is 0.0505. The van der Waals surface area contributed by atoms with Crippen molar-refractivity contribution in [1.29, 1.82) is 0 Å². The van der Waals surface area contributed by atoms with Crippen molar-refractivity contribution in [2.24, 2.45) is 5.92 Å². The van der Waals surface area contributed by atoms with Gasteiger partial charge in [-0.15, -0.1) is 0 Å². The SMILES string of the molecule is CCC(CC)C(=O)NC[C@H]1O[C@@H](CC(=O)N2CCCC2)[C@H](O)[C@@H]1O. The summed E-state index contributed by atoms with van der Waals surface area (Å²) in [7, 11) is 0. The van der Waals surface area contributed by atoms with Gasteiger partial charge in [0.25, 0.3) is 0 Å². The van der Waals surface area contributed by atoms with Crippen molar-refractivity contribution in [2.45, 2.75) is 70.4 Å². The molecule has 0 aliphatic carbocycles. The molecule has 0 spiro atoms. The molecule has 2 fully saturated rings. The zero-order valence-corrected chi connectivity index (χ0v) is 14.6. The summed E-state index contributed by atoms with van der Waals surface area (Å²) >= 11 is 0. The number of amides is 2. The van der Waals surface area contributed by atoms with Gasteiger partial charge in [-0.1, -0.05) is 13.8 Å². The molecule has 0 aromatic rings. The van der Waals surface area contributed by atoms with Gasteiger partial charge in [0.05, 0.1) is 12.5 Å². The number of aliphatic hydroxyl groups excluding tert-OH is 2. The van der Waals surface area contributed by atoms with Crippen molar-refractivity contribution in [3.05, 3.63) is 0 Å². The first-order valence-corrected chi connectivity index (χ1v) is 9.05. The third kappa shape index (κ3) is 4.46. The number of nitrogens with one attached hydrogen (secondary N) is 1. The van der Waals surface area contributed by atoms with Crippen molar-refractivity contribution in [2.75, 3.05) is 19.6 Å². The molecule has 2 saturated heterocycles. The fraction of sp³-hybridized carbons (Fsp3) is 0.882. The zero-order chi connectivity index (χ0) is 17.7. The van der Waals surface area contributed by atoms with Crippen LogP contribution in [0.2, 0.25) is 0 Å². The summed E-state index contributed by atoms with van der Waals surface area (Å²) in [6.07, 6.45) is -0.0131. The van der Waals surface area contributed by atoms with Crippen LogP contribution in [-0.2, 0) is 14.3 Å². The molecule has 2 aliphatic heterocycles. The van der Waals surface area contributed by atoms with Gasteiger partial charge in [-0.25, -0.2) is 0 Å². The second-order valence-electron chi connectivity index (χ2n) is 6.74. The molecule has 24 heavy (non-hydrogen) atoms. The molecule has 2 rings (SSSR count). The van der Waals surface area contributed by atoms with Crippen molar-refractivity contribution in [3.8, 4) is 0 Å². The molecule has 2 amide bonds. The Balaban J connectivity index is 1.83. The third-order valence-electron chi connectivity index (χ3n) is 5.13. The average Bonchev–Trinajstić information content (AvgIpc) is 3.19. The van der Waals surface area contributed by atoms with E-state index < -0.39 is 24.4 Å². The van der Waals surface area contributed by atoms with Crippen LogP contribution in [0.5, 0.6) is 0 Å². The van der Waals surface area contributed by atoms with E-state index in [2.05, 4.69) is 5.32 Å². The lowest BCUT2D eigenvalue weighted by atomic mass is 10.0. The molecule has 138 valence electrons. The van der Waals surface area contributed by atoms with Gasteiger partial charge in [0, 0.05) is 25.6 Å². The first-order valence-electron chi connectivity index (χ1n) is 9.05. The Morgan fingerprint density at radius 3 is 2.29 bits per heavy atom. The van der Waals surface area contributed by atoms with Crippen LogP contribution in [0.4, 0.5) is 0 Å². The lowest BCUT2D eigenvalue weighted by Gasteiger charge is -2.20. The Morgan fingerprint density at radius 2 is 1.71 bits per heavy atom. The largest absolute Gasteiger partial charge is 0.388 e. The van der Waals surface area contributed by atoms with Gasteiger partial charge < -0.3 is 25.2 Å². The number of likely N-dealkylation sites (tertiary alicyclic amines) is 1. The predicted octanol–water partition coefficient (Wildman–Crippen LogP) is 0.0405. The molecule has 0 aromatic carbocycles. The van der Waals surface area contributed by atoms with E-state index in [4.69, 9.17) is 4.74 Å². The van der Waals surface area contributed by atoms with E-state index >= 15 is 0 Å². The highest BCUT2D eigenvalue weighted by Crippen LogP contribution is 2.25. The maximum atomic E-state index is 12.2. The van der Waals surface area contributed by atoms with E-state index in [0.29, 0.717) is 0 Å². The highest BCUT2D eigenvalue weighted by Gasteiger charge is 2.44. The summed E-state index contributed by atoms with van der Waals surface area (Å²) in [4.78, 5) is 26.0. The lowest BCUT2D eigenvalue weighted by Crippen LogP contribution is -2.41. The number of carbonyl (C=O) groups excluding carboxylic acids is 2. The van der Waals surface area contributed by atoms with Gasteiger partial charge in [0.1, 0.15) is 18.3 Å². The lowest BCUT2D eigenvalue weighted by molar-refractivity contribution is -0.134. The van der Waals surface area contributed by atoms with Crippen LogP contribution in [0.1, 0.15) is 46.0 Å². The van der Waals surface area contributed by atoms with E-state index in [1.54, 1.807) is 4.90 Å². The predicted molar refractivity (Wildman–Crippen MR) is 88.2 cm³/mol. The summed E-state index contributed by atoms with van der Waals surface area (Å²) in [5, 5.41) is 23.0. The van der Waals surface area contributed by atoms with Gasteiger partial charge in [-0.05, 0) is 25.7 Å². The molecule has 0 radical (unpaired) electrons. The number of carbonyl (C=O) groups is 2. The summed E-state index contributed by atoms with van der Waals surface area (Å²) in [5.74, 6) is -0.173. The van der Waals surface area contributed by atoms with Crippen LogP contribution in [0.3, 0.4) is 0 Å². The Kier molecular flexibility index (Phi) is 7.01. The Morgan fingerprint density at radius 1 is 1.12 bits per heavy atom. The minimum atomic E-state index is -1.10. The topological polar surface area (TPSA) is 99.1 Å². The number of aliphatic hydroxyl groups is 2. The molecule has 2 aliphatic rings. The van der Waals surface area contributed by atoms with Gasteiger partial charge in [-0.3, -0.25) is 9.59 Å². The van der Waals surface area contributed by atoms with Crippen LogP contribution >= 0.6 is 0 Å². The fourth-order valence-electron chi connectivity index (χ4n) is 3.44. The Hall–Kier alpha value is -1.18. The molecule has 2 heterocycles. The van der Waals surface area contributed by atoms with Crippen LogP contribution < -0.4 is 5.32 Å². The normalized spacial score (nSPS) is 30.1. The summed E-state index contributed by atoms with van der Waals surface area (Å²) in [6, 6.07) is 0. The quantitative estimate of drug-likeness (QED) is 0.607. The molecular formula is C17H30N2O5. The van der Waals surface area contributed by atoms with E-state index in [1.165, 1.54) is 0 Å². The van der Waals surface area contributed by atoms with Gasteiger partial charge in [0.15, 0.2) is 0 Å². The number of nitrogens with zero attached hydrogens (tertiary/aromatic N) is 1. The van der Waals surface area contributed by atoms with Gasteiger partial charge in [0.2, 0.25) is 11.8 Å². The van der Waals surface area contributed by atoms with Crippen LogP contribution in [-0.4, -0.2) is 71.0 Å². The molecule has 7 nitrogen and oxygen atoms in total. The van der Waals surface area contributed by atoms with E-state index in [-0.39, 0.29) is 30.7 Å². The van der Waals surface area contributed by atoms with Crippen molar-refractivity contribution in [3.63, 3.8) is 0 Å². The Bertz CT molecular complexity index is 435. The molecule has 0 aromatic heterocycles. The average molecular weight is 342 g/mol. The van der Waals surface area contributed by atoms with E-state index in [9.17, 15) is 19.8 Å². The van der Waals surface area contributed by atoms with Crippen molar-refractivity contribution < 1.29 is 24.5 Å². The van der Waals surface area contributed by atoms with Crippen molar-refractivity contribution >= 4 is 11.8 Å². The first-order chi connectivity index (χ1) is 11.5. The number of hydrogen-bond donors (Lipinski definition) is 3. The van der Waals surface area contributed by atoms with Gasteiger partial charge >= 0.3 is 0 Å². The third-order valence-corrected chi connectivity index (χ3v) is 5.13. The molecule has 0 bridgehead atoms. The molecule has 3 N–H and O–H groups in total. The van der Waals surface area contributed by atoms with E-state index in [1.807, 2.05) is 13.8 Å². The second-order valence-corrected chi connectivity index (χ2v) is 6.74. The van der Waals surface area contributed by atoms with E-state index in [0.717, 1.165) is 38.8 Å². The number of hydrogen-bond acceptors (Lipinski definition) is 5. The number of rotatable bonds is 7. The Labute approximate surface area is 143 Å². The second kappa shape index (κ2) is 8.78. The smallest absolute Gasteiger partial charge is 0.225 e. The highest BCUT2D eigenvalue weighted by atomic mass is 16.5. The molecular weight excluding hydrogens is 312 g/mol. The summed E-state index contributed by atoms with van der Waals surface area (Å²) in [5.41, 5.74) is 0. The fourth-order valence-corrected chi connectivity index (χ4v) is 3.44. The summed E-state index contributed by atoms with van der Waals surface area (Å²) < 4.78 is 5.65. The molecule has 0 unspecified atom stereocenters. The summed E-state index contributed by atoms with van der Waals surface area (Å²) in [6.45, 7) is 5.55. The maximum Gasteiger partial charge on any atom is 0.225 e. The van der Waals surface area contributed by atoms with Gasteiger partial charge in [-0.2, -0.15) is 0 Å². The molecule has 0 saturated carbocycles. The maximum absolute atomic E-state index is 12.2. The van der Waals surface area contributed by atoms with Crippen LogP contribution in [0.15, 0.2) is 0 Å². The van der Waals surface area contributed by atoms with Crippen LogP contribution in [0, 0.1) is 5.92 Å².